The monoisotopic (exact) mass is 490 g/mol. The first-order chi connectivity index (χ1) is 11.3. The van der Waals surface area contributed by atoms with Gasteiger partial charge in [0, 0.05) is 19.8 Å². The average Bonchev–Trinajstić information content (AvgIpc) is 2.48. The summed E-state index contributed by atoms with van der Waals surface area (Å²) in [6, 6.07) is 0. The molecule has 0 radical (unpaired) electrons. The van der Waals surface area contributed by atoms with Crippen molar-refractivity contribution in [2.24, 2.45) is 0 Å². The number of hydrogen-bond donors (Lipinski definition) is 0. The molecule has 0 aromatic carbocycles. The van der Waals surface area contributed by atoms with Gasteiger partial charge in [-0.2, -0.15) is 0 Å². The smallest absolute Gasteiger partial charge is 0.831 e. The average molecular weight is 490 g/mol. The van der Waals surface area contributed by atoms with Crippen LogP contribution in [0.5, 0.6) is 0 Å². The molecule has 0 amide bonds. The van der Waals surface area contributed by atoms with E-state index >= 15 is 0 Å². The summed E-state index contributed by atoms with van der Waals surface area (Å²) in [5, 5.41) is 30.5. The number of rotatable bonds is 12. The molecular weight excluding hydrogens is 451 g/mol. The van der Waals surface area contributed by atoms with E-state index in [1.807, 2.05) is 0 Å². The molecule has 0 N–H and O–H groups in total. The third kappa shape index (κ3) is 51.7. The molecule has 7 heteroatoms. The summed E-state index contributed by atoms with van der Waals surface area (Å²) in [6.45, 7) is 12.6. The van der Waals surface area contributed by atoms with Crippen LogP contribution in [0.1, 0.15) is 80.1 Å². The van der Waals surface area contributed by atoms with Crippen LogP contribution >= 0.6 is 0 Å². The molecule has 0 heterocycles. The molecular formula is C18H39LaO6. The van der Waals surface area contributed by atoms with Crippen molar-refractivity contribution in [3.05, 3.63) is 0 Å². The SMILES string of the molecule is CCCCOC(C)[O-].CCCCOC(C)[O-].CCCCOC(C)[O-].[La+3]. The topological polar surface area (TPSA) is 96.9 Å². The predicted molar refractivity (Wildman–Crippen MR) is 91.0 cm³/mol. The van der Waals surface area contributed by atoms with Gasteiger partial charge in [-0.25, -0.2) is 0 Å². The minimum absolute atomic E-state index is 0. The molecule has 0 aliphatic rings. The maximum Gasteiger partial charge on any atom is 3.00 e. The maximum atomic E-state index is 10.2. The molecule has 0 saturated heterocycles. The Hall–Kier alpha value is 0.955. The second-order valence-corrected chi connectivity index (χ2v) is 5.38. The second-order valence-electron chi connectivity index (χ2n) is 5.38. The molecule has 6 nitrogen and oxygen atoms in total. The summed E-state index contributed by atoms with van der Waals surface area (Å²) in [4.78, 5) is 0. The molecule has 3 unspecified atom stereocenters. The van der Waals surface area contributed by atoms with E-state index in [1.54, 1.807) is 0 Å². The Balaban J connectivity index is -0.000000130. The minimum atomic E-state index is -0.846. The van der Waals surface area contributed by atoms with E-state index in [-0.39, 0.29) is 35.6 Å². The summed E-state index contributed by atoms with van der Waals surface area (Å²) in [5.41, 5.74) is 0. The Morgan fingerprint density at radius 2 is 0.760 bits per heavy atom. The van der Waals surface area contributed by atoms with E-state index in [0.29, 0.717) is 19.8 Å². The van der Waals surface area contributed by atoms with Crippen molar-refractivity contribution in [3.8, 4) is 0 Å². The molecule has 3 atom stereocenters. The Labute approximate surface area is 183 Å². The van der Waals surface area contributed by atoms with Gasteiger partial charge in [-0.1, -0.05) is 60.8 Å². The molecule has 0 aliphatic heterocycles. The maximum absolute atomic E-state index is 10.2. The van der Waals surface area contributed by atoms with Crippen molar-refractivity contribution >= 4 is 0 Å². The first-order valence-electron chi connectivity index (χ1n) is 9.13. The van der Waals surface area contributed by atoms with Crippen LogP contribution in [-0.2, 0) is 14.2 Å². The van der Waals surface area contributed by atoms with Crippen molar-refractivity contribution in [1.29, 1.82) is 0 Å². The Kier molecular flexibility index (Phi) is 39.8. The Morgan fingerprint density at radius 1 is 0.560 bits per heavy atom. The predicted octanol–water partition coefficient (Wildman–Crippen LogP) is 1.53. The van der Waals surface area contributed by atoms with Crippen molar-refractivity contribution < 1.29 is 65.1 Å². The zero-order chi connectivity index (χ0) is 19.2. The molecule has 0 spiro atoms. The van der Waals surface area contributed by atoms with E-state index in [4.69, 9.17) is 14.2 Å². The fourth-order valence-corrected chi connectivity index (χ4v) is 1.18. The van der Waals surface area contributed by atoms with E-state index in [2.05, 4.69) is 20.8 Å². The van der Waals surface area contributed by atoms with Crippen molar-refractivity contribution in [3.63, 3.8) is 0 Å². The van der Waals surface area contributed by atoms with Gasteiger partial charge in [-0.3, -0.25) is 0 Å². The molecule has 25 heavy (non-hydrogen) atoms. The number of ether oxygens (including phenoxy) is 3. The van der Waals surface area contributed by atoms with Gasteiger partial charge in [0.25, 0.3) is 0 Å². The largest absolute Gasteiger partial charge is 3.00 e. The third-order valence-corrected chi connectivity index (χ3v) is 2.55. The van der Waals surface area contributed by atoms with E-state index in [0.717, 1.165) is 38.5 Å². The molecule has 0 aliphatic carbocycles. The van der Waals surface area contributed by atoms with Gasteiger partial charge in [-0.05, 0) is 38.1 Å². The van der Waals surface area contributed by atoms with Crippen LogP contribution in [0.15, 0.2) is 0 Å². The summed E-state index contributed by atoms with van der Waals surface area (Å²) in [7, 11) is 0. The molecule has 0 rings (SSSR count). The molecule has 0 aromatic rings. The first-order valence-corrected chi connectivity index (χ1v) is 9.13. The Morgan fingerprint density at radius 3 is 0.880 bits per heavy atom. The summed E-state index contributed by atoms with van der Waals surface area (Å²) in [6.07, 6.45) is 3.71. The van der Waals surface area contributed by atoms with Crippen LogP contribution in [0, 0.1) is 35.6 Å². The third-order valence-electron chi connectivity index (χ3n) is 2.55. The number of unbranched alkanes of at least 4 members (excludes halogenated alkanes) is 3. The Bertz CT molecular complexity index is 171. The van der Waals surface area contributed by atoms with E-state index in [1.165, 1.54) is 20.8 Å². The molecule has 0 saturated carbocycles. The quantitative estimate of drug-likeness (QED) is 0.304. The van der Waals surface area contributed by atoms with E-state index < -0.39 is 18.9 Å². The van der Waals surface area contributed by atoms with Gasteiger partial charge in [0.2, 0.25) is 0 Å². The summed E-state index contributed by atoms with van der Waals surface area (Å²) in [5.74, 6) is 0. The van der Waals surface area contributed by atoms with Crippen LogP contribution < -0.4 is 15.3 Å². The van der Waals surface area contributed by atoms with Crippen LogP contribution in [0.2, 0.25) is 0 Å². The zero-order valence-electron chi connectivity index (χ0n) is 17.1. The van der Waals surface area contributed by atoms with Gasteiger partial charge in [0.05, 0.1) is 0 Å². The standard InChI is InChI=1S/3C6H13O2.La/c3*1-3-4-5-8-6(2)7;/h3*6H,3-5H2,1-2H3;/q3*-1;+3. The molecule has 0 bridgehead atoms. The van der Waals surface area contributed by atoms with Gasteiger partial charge >= 0.3 is 35.6 Å². The molecule has 0 fully saturated rings. The van der Waals surface area contributed by atoms with Crippen LogP contribution in [0.25, 0.3) is 0 Å². The van der Waals surface area contributed by atoms with E-state index in [9.17, 15) is 15.3 Å². The van der Waals surface area contributed by atoms with Crippen LogP contribution in [0.3, 0.4) is 0 Å². The van der Waals surface area contributed by atoms with Crippen molar-refractivity contribution in [1.82, 2.24) is 0 Å². The van der Waals surface area contributed by atoms with Crippen molar-refractivity contribution in [2.75, 3.05) is 19.8 Å². The fraction of sp³-hybridized carbons (Fsp3) is 1.00. The van der Waals surface area contributed by atoms with Gasteiger partial charge < -0.3 is 29.5 Å². The van der Waals surface area contributed by atoms with Gasteiger partial charge in [0.1, 0.15) is 0 Å². The summed E-state index contributed by atoms with van der Waals surface area (Å²) < 4.78 is 14.2. The normalized spacial score (nSPS) is 13.3. The van der Waals surface area contributed by atoms with Crippen LogP contribution in [0.4, 0.5) is 0 Å². The minimum Gasteiger partial charge on any atom is -0.831 e. The van der Waals surface area contributed by atoms with Crippen molar-refractivity contribution in [2.45, 2.75) is 98.9 Å². The molecule has 0 aromatic heterocycles. The van der Waals surface area contributed by atoms with Gasteiger partial charge in [-0.15, -0.1) is 0 Å². The second kappa shape index (κ2) is 29.7. The zero-order valence-corrected chi connectivity index (χ0v) is 20.7. The van der Waals surface area contributed by atoms with Gasteiger partial charge in [0.15, 0.2) is 0 Å². The fourth-order valence-electron chi connectivity index (χ4n) is 1.18. The number of hydrogen-bond acceptors (Lipinski definition) is 6. The van der Waals surface area contributed by atoms with Crippen LogP contribution in [-0.4, -0.2) is 38.7 Å². The first kappa shape index (κ1) is 33.5. The summed E-state index contributed by atoms with van der Waals surface area (Å²) >= 11 is 0. The molecule has 150 valence electrons.